The fourth-order valence-electron chi connectivity index (χ4n) is 1.14. The van der Waals surface area contributed by atoms with Crippen molar-refractivity contribution in [1.82, 2.24) is 0 Å². The highest BCUT2D eigenvalue weighted by atomic mass is 16.3. The largest absolute Gasteiger partial charge is 0.380 e. The van der Waals surface area contributed by atoms with E-state index in [1.165, 1.54) is 5.56 Å². The highest BCUT2D eigenvalue weighted by molar-refractivity contribution is 5.16. The summed E-state index contributed by atoms with van der Waals surface area (Å²) in [5.41, 5.74) is 1.30. The molecule has 0 aromatic heterocycles. The van der Waals surface area contributed by atoms with Crippen molar-refractivity contribution in [1.29, 1.82) is 0 Å². The summed E-state index contributed by atoms with van der Waals surface area (Å²) in [5, 5.41) is 9.18. The molecule has 0 bridgehead atoms. The molecule has 14 heavy (non-hydrogen) atoms. The first kappa shape index (κ1) is 10.8. The summed E-state index contributed by atoms with van der Waals surface area (Å²) in [4.78, 5) is 0. The maximum atomic E-state index is 9.18. The zero-order valence-electron chi connectivity index (χ0n) is 8.53. The average Bonchev–Trinajstić information content (AvgIpc) is 2.25. The third-order valence-electron chi connectivity index (χ3n) is 2.04. The first-order valence-corrected chi connectivity index (χ1v) is 5.03. The van der Waals surface area contributed by atoms with Crippen LogP contribution in [0.1, 0.15) is 25.3 Å². The summed E-state index contributed by atoms with van der Waals surface area (Å²) in [5.74, 6) is 5.79. The second-order valence-electron chi connectivity index (χ2n) is 3.23. The van der Waals surface area contributed by atoms with E-state index in [1.807, 2.05) is 25.1 Å². The van der Waals surface area contributed by atoms with Gasteiger partial charge >= 0.3 is 0 Å². The van der Waals surface area contributed by atoms with E-state index < -0.39 is 6.10 Å². The van der Waals surface area contributed by atoms with Crippen LogP contribution in [0.4, 0.5) is 0 Å². The standard InChI is InChI=1S/C13H16O/c1-2-13(14)11-7-6-10-12-8-4-3-5-9-12/h3-5,8-9,13-14H,2,6,10H2,1H3/t13-/m1/s1. The summed E-state index contributed by atoms with van der Waals surface area (Å²) >= 11 is 0. The van der Waals surface area contributed by atoms with Crippen LogP contribution < -0.4 is 0 Å². The predicted octanol–water partition coefficient (Wildman–Crippen LogP) is 2.39. The molecule has 1 rings (SSSR count). The Bertz CT molecular complexity index is 305. The van der Waals surface area contributed by atoms with Gasteiger partial charge in [0.2, 0.25) is 0 Å². The van der Waals surface area contributed by atoms with Crippen LogP contribution in [0.3, 0.4) is 0 Å². The summed E-state index contributed by atoms with van der Waals surface area (Å²) in [7, 11) is 0. The first-order chi connectivity index (χ1) is 6.83. The maximum absolute atomic E-state index is 9.18. The highest BCUT2D eigenvalue weighted by Crippen LogP contribution is 2.01. The van der Waals surface area contributed by atoms with Gasteiger partial charge in [0.1, 0.15) is 6.10 Å². The first-order valence-electron chi connectivity index (χ1n) is 5.03. The van der Waals surface area contributed by atoms with Crippen molar-refractivity contribution in [2.45, 2.75) is 32.3 Å². The van der Waals surface area contributed by atoms with Crippen molar-refractivity contribution in [3.63, 3.8) is 0 Å². The molecule has 0 heterocycles. The smallest absolute Gasteiger partial charge is 0.114 e. The van der Waals surface area contributed by atoms with E-state index in [-0.39, 0.29) is 0 Å². The molecule has 1 aromatic carbocycles. The lowest BCUT2D eigenvalue weighted by atomic mass is 10.1. The van der Waals surface area contributed by atoms with E-state index in [9.17, 15) is 5.11 Å². The molecule has 0 unspecified atom stereocenters. The second-order valence-corrected chi connectivity index (χ2v) is 3.23. The van der Waals surface area contributed by atoms with Gasteiger partial charge in [-0.05, 0) is 18.4 Å². The van der Waals surface area contributed by atoms with Gasteiger partial charge < -0.3 is 5.11 Å². The molecule has 0 aliphatic rings. The van der Waals surface area contributed by atoms with Crippen LogP contribution >= 0.6 is 0 Å². The topological polar surface area (TPSA) is 20.2 Å². The molecule has 0 fully saturated rings. The van der Waals surface area contributed by atoms with Crippen molar-refractivity contribution < 1.29 is 5.11 Å². The minimum absolute atomic E-state index is 0.453. The molecule has 74 valence electrons. The predicted molar refractivity (Wildman–Crippen MR) is 58.8 cm³/mol. The fraction of sp³-hybridized carbons (Fsp3) is 0.385. The molecule has 0 saturated heterocycles. The third kappa shape index (κ3) is 4.11. The Balaban J connectivity index is 2.31. The number of hydrogen-bond acceptors (Lipinski definition) is 1. The Kier molecular flexibility index (Phi) is 4.82. The number of aryl methyl sites for hydroxylation is 1. The summed E-state index contributed by atoms with van der Waals surface area (Å²) < 4.78 is 0. The Morgan fingerprint density at radius 3 is 2.64 bits per heavy atom. The van der Waals surface area contributed by atoms with Crippen LogP contribution in [0.15, 0.2) is 30.3 Å². The number of benzene rings is 1. The molecule has 0 aliphatic carbocycles. The van der Waals surface area contributed by atoms with E-state index in [0.717, 1.165) is 12.8 Å². The second kappa shape index (κ2) is 6.23. The third-order valence-corrected chi connectivity index (χ3v) is 2.04. The Labute approximate surface area is 85.8 Å². The Morgan fingerprint density at radius 1 is 1.29 bits per heavy atom. The molecule has 0 spiro atoms. The molecule has 1 nitrogen and oxygen atoms in total. The van der Waals surface area contributed by atoms with Crippen LogP contribution in [0.2, 0.25) is 0 Å². The highest BCUT2D eigenvalue weighted by Gasteiger charge is 1.91. The van der Waals surface area contributed by atoms with Crippen molar-refractivity contribution in [3.8, 4) is 11.8 Å². The fourth-order valence-corrected chi connectivity index (χ4v) is 1.14. The van der Waals surface area contributed by atoms with Crippen molar-refractivity contribution >= 4 is 0 Å². The zero-order valence-corrected chi connectivity index (χ0v) is 8.53. The van der Waals surface area contributed by atoms with Gasteiger partial charge in [0, 0.05) is 6.42 Å². The SMILES string of the molecule is CC[C@@H](O)C#CCCc1ccccc1. The number of aliphatic hydroxyl groups is 1. The van der Waals surface area contributed by atoms with Crippen LogP contribution in [0.5, 0.6) is 0 Å². The van der Waals surface area contributed by atoms with Crippen LogP contribution in [0, 0.1) is 11.8 Å². The van der Waals surface area contributed by atoms with Gasteiger partial charge in [0.25, 0.3) is 0 Å². The number of aliphatic hydroxyl groups excluding tert-OH is 1. The molecule has 1 heteroatoms. The Morgan fingerprint density at radius 2 is 2.00 bits per heavy atom. The molecule has 0 amide bonds. The monoisotopic (exact) mass is 188 g/mol. The number of hydrogen-bond donors (Lipinski definition) is 1. The van der Waals surface area contributed by atoms with Gasteiger partial charge in [-0.25, -0.2) is 0 Å². The lowest BCUT2D eigenvalue weighted by Crippen LogP contribution is -1.98. The van der Waals surface area contributed by atoms with Gasteiger partial charge in [-0.3, -0.25) is 0 Å². The van der Waals surface area contributed by atoms with Crippen molar-refractivity contribution in [3.05, 3.63) is 35.9 Å². The van der Waals surface area contributed by atoms with E-state index >= 15 is 0 Å². The molecule has 1 atom stereocenters. The Hall–Kier alpha value is -1.26. The van der Waals surface area contributed by atoms with Crippen LogP contribution in [-0.4, -0.2) is 11.2 Å². The molecule has 0 aliphatic heterocycles. The molecule has 0 radical (unpaired) electrons. The lowest BCUT2D eigenvalue weighted by molar-refractivity contribution is 0.228. The molecular formula is C13H16O. The number of rotatable bonds is 3. The van der Waals surface area contributed by atoms with E-state index in [0.29, 0.717) is 6.42 Å². The minimum Gasteiger partial charge on any atom is -0.380 e. The van der Waals surface area contributed by atoms with Gasteiger partial charge in [-0.1, -0.05) is 43.2 Å². The van der Waals surface area contributed by atoms with Crippen LogP contribution in [-0.2, 0) is 6.42 Å². The van der Waals surface area contributed by atoms with E-state index in [1.54, 1.807) is 0 Å². The van der Waals surface area contributed by atoms with Crippen molar-refractivity contribution in [2.75, 3.05) is 0 Å². The quantitative estimate of drug-likeness (QED) is 0.722. The normalized spacial score (nSPS) is 11.6. The molecular weight excluding hydrogens is 172 g/mol. The van der Waals surface area contributed by atoms with Gasteiger partial charge in [-0.2, -0.15) is 0 Å². The summed E-state index contributed by atoms with van der Waals surface area (Å²) in [6, 6.07) is 10.3. The summed E-state index contributed by atoms with van der Waals surface area (Å²) in [6.07, 6.45) is 2.04. The van der Waals surface area contributed by atoms with E-state index in [4.69, 9.17) is 0 Å². The molecule has 1 N–H and O–H groups in total. The lowest BCUT2D eigenvalue weighted by Gasteiger charge is -1.96. The van der Waals surface area contributed by atoms with Crippen molar-refractivity contribution in [2.24, 2.45) is 0 Å². The van der Waals surface area contributed by atoms with Crippen LogP contribution in [0.25, 0.3) is 0 Å². The average molecular weight is 188 g/mol. The molecule has 1 aromatic rings. The van der Waals surface area contributed by atoms with Gasteiger partial charge in [0.15, 0.2) is 0 Å². The minimum atomic E-state index is -0.453. The van der Waals surface area contributed by atoms with Gasteiger partial charge in [0.05, 0.1) is 0 Å². The molecule has 0 saturated carbocycles. The zero-order chi connectivity index (χ0) is 10.2. The summed E-state index contributed by atoms with van der Waals surface area (Å²) in [6.45, 7) is 1.93. The van der Waals surface area contributed by atoms with E-state index in [2.05, 4.69) is 24.0 Å². The van der Waals surface area contributed by atoms with Gasteiger partial charge in [-0.15, -0.1) is 5.92 Å². The maximum Gasteiger partial charge on any atom is 0.114 e.